The first kappa shape index (κ1) is 11.7. The fourth-order valence-corrected chi connectivity index (χ4v) is 1.62. The van der Waals surface area contributed by atoms with Crippen molar-refractivity contribution in [2.24, 2.45) is 11.8 Å². The monoisotopic (exact) mass is 168 g/mol. The maximum atomic E-state index is 2.47. The number of allylic oxidation sites excluding steroid dienone is 2. The Bertz CT molecular complexity index is 131. The topological polar surface area (TPSA) is 0 Å². The van der Waals surface area contributed by atoms with Gasteiger partial charge >= 0.3 is 0 Å². The Morgan fingerprint density at radius 1 is 1.25 bits per heavy atom. The molecule has 1 atom stereocenters. The molecule has 0 aromatic rings. The third kappa shape index (κ3) is 4.58. The molecule has 0 heteroatoms. The van der Waals surface area contributed by atoms with Crippen LogP contribution in [0.1, 0.15) is 53.9 Å². The van der Waals surface area contributed by atoms with Crippen molar-refractivity contribution in [2.45, 2.75) is 53.9 Å². The van der Waals surface area contributed by atoms with Crippen LogP contribution < -0.4 is 0 Å². The molecule has 0 aliphatic carbocycles. The minimum absolute atomic E-state index is 0.788. The van der Waals surface area contributed by atoms with Gasteiger partial charge in [-0.3, -0.25) is 0 Å². The molecule has 0 aliphatic heterocycles. The lowest BCUT2D eigenvalue weighted by atomic mass is 9.91. The molecule has 0 saturated heterocycles. The highest BCUT2D eigenvalue weighted by Gasteiger charge is 2.07. The number of hydrogen-bond acceptors (Lipinski definition) is 0. The van der Waals surface area contributed by atoms with Crippen LogP contribution in [0, 0.1) is 11.8 Å². The van der Waals surface area contributed by atoms with E-state index >= 15 is 0 Å². The Balaban J connectivity index is 4.05. The zero-order chi connectivity index (χ0) is 9.56. The predicted octanol–water partition coefficient (Wildman–Crippen LogP) is 4.42. The van der Waals surface area contributed by atoms with Crippen LogP contribution in [0.5, 0.6) is 0 Å². The Morgan fingerprint density at radius 3 is 2.17 bits per heavy atom. The van der Waals surface area contributed by atoms with Gasteiger partial charge in [-0.05, 0) is 31.6 Å². The van der Waals surface area contributed by atoms with Crippen LogP contribution in [0.2, 0.25) is 0 Å². The zero-order valence-corrected chi connectivity index (χ0v) is 9.35. The first-order valence-corrected chi connectivity index (χ1v) is 5.29. The van der Waals surface area contributed by atoms with Gasteiger partial charge in [0.05, 0.1) is 0 Å². The summed E-state index contributed by atoms with van der Waals surface area (Å²) in [6.45, 7) is 11.4. The van der Waals surface area contributed by atoms with Crippen molar-refractivity contribution in [3.8, 4) is 0 Å². The molecule has 0 spiro atoms. The number of rotatable bonds is 5. The van der Waals surface area contributed by atoms with Gasteiger partial charge in [-0.1, -0.05) is 45.8 Å². The van der Waals surface area contributed by atoms with E-state index in [-0.39, 0.29) is 0 Å². The highest BCUT2D eigenvalue weighted by Crippen LogP contribution is 2.19. The molecule has 0 rings (SSSR count). The molecular formula is C12H24. The molecule has 0 bridgehead atoms. The van der Waals surface area contributed by atoms with Crippen molar-refractivity contribution >= 4 is 0 Å². The third-order valence-corrected chi connectivity index (χ3v) is 2.47. The highest BCUT2D eigenvalue weighted by atomic mass is 14.1. The van der Waals surface area contributed by atoms with E-state index in [4.69, 9.17) is 0 Å². The third-order valence-electron chi connectivity index (χ3n) is 2.47. The molecule has 72 valence electrons. The van der Waals surface area contributed by atoms with Gasteiger partial charge in [0, 0.05) is 0 Å². The van der Waals surface area contributed by atoms with Crippen molar-refractivity contribution in [1.82, 2.24) is 0 Å². The Hall–Kier alpha value is -0.260. The first-order chi connectivity index (χ1) is 5.61. The summed E-state index contributed by atoms with van der Waals surface area (Å²) in [5.74, 6) is 1.58. The molecular weight excluding hydrogens is 144 g/mol. The fourth-order valence-electron chi connectivity index (χ4n) is 1.62. The molecule has 0 aliphatic rings. The summed E-state index contributed by atoms with van der Waals surface area (Å²) in [6.07, 6.45) is 6.28. The maximum absolute atomic E-state index is 2.47. The lowest BCUT2D eigenvalue weighted by Crippen LogP contribution is -2.04. The normalized spacial score (nSPS) is 15.3. The minimum Gasteiger partial charge on any atom is -0.0822 e. The molecule has 0 aromatic heterocycles. The molecule has 0 radical (unpaired) electrons. The standard InChI is InChI=1S/C12H24/c1-6-8-11(5)9-12(7-2)10(3)4/h9-10,12H,6-8H2,1-5H3/b11-9-. The van der Waals surface area contributed by atoms with E-state index in [9.17, 15) is 0 Å². The van der Waals surface area contributed by atoms with E-state index in [0.717, 1.165) is 11.8 Å². The molecule has 1 unspecified atom stereocenters. The zero-order valence-electron chi connectivity index (χ0n) is 9.35. The Labute approximate surface area is 78.1 Å². The molecule has 0 fully saturated rings. The second-order valence-electron chi connectivity index (χ2n) is 4.08. The van der Waals surface area contributed by atoms with Gasteiger partial charge in [-0.15, -0.1) is 0 Å². The maximum Gasteiger partial charge on any atom is -0.0210 e. The average molecular weight is 168 g/mol. The minimum atomic E-state index is 0.788. The van der Waals surface area contributed by atoms with E-state index in [2.05, 4.69) is 40.7 Å². The van der Waals surface area contributed by atoms with Crippen molar-refractivity contribution < 1.29 is 0 Å². The second-order valence-corrected chi connectivity index (χ2v) is 4.08. The SMILES string of the molecule is CCC/C(C)=C\C(CC)C(C)C. The molecule has 0 N–H and O–H groups in total. The van der Waals surface area contributed by atoms with Crippen LogP contribution in [0.4, 0.5) is 0 Å². The summed E-state index contributed by atoms with van der Waals surface area (Å²) in [5.41, 5.74) is 1.57. The summed E-state index contributed by atoms with van der Waals surface area (Å²) in [5, 5.41) is 0. The van der Waals surface area contributed by atoms with Crippen molar-refractivity contribution in [1.29, 1.82) is 0 Å². The molecule has 0 nitrogen and oxygen atoms in total. The fraction of sp³-hybridized carbons (Fsp3) is 0.833. The van der Waals surface area contributed by atoms with Gasteiger partial charge < -0.3 is 0 Å². The van der Waals surface area contributed by atoms with E-state index in [1.54, 1.807) is 5.57 Å². The largest absolute Gasteiger partial charge is 0.0822 e. The second kappa shape index (κ2) is 6.28. The summed E-state index contributed by atoms with van der Waals surface area (Å²) in [4.78, 5) is 0. The van der Waals surface area contributed by atoms with Gasteiger partial charge in [-0.2, -0.15) is 0 Å². The van der Waals surface area contributed by atoms with Gasteiger partial charge in [0.1, 0.15) is 0 Å². The molecule has 0 saturated carbocycles. The van der Waals surface area contributed by atoms with Crippen molar-refractivity contribution in [3.05, 3.63) is 11.6 Å². The molecule has 12 heavy (non-hydrogen) atoms. The number of hydrogen-bond donors (Lipinski definition) is 0. The summed E-state index contributed by atoms with van der Waals surface area (Å²) < 4.78 is 0. The van der Waals surface area contributed by atoms with Crippen LogP contribution >= 0.6 is 0 Å². The van der Waals surface area contributed by atoms with Gasteiger partial charge in [-0.25, -0.2) is 0 Å². The van der Waals surface area contributed by atoms with E-state index in [1.807, 2.05) is 0 Å². The van der Waals surface area contributed by atoms with Gasteiger partial charge in [0.15, 0.2) is 0 Å². The Kier molecular flexibility index (Phi) is 6.14. The van der Waals surface area contributed by atoms with Crippen LogP contribution in [0.15, 0.2) is 11.6 Å². The van der Waals surface area contributed by atoms with Crippen LogP contribution in [-0.2, 0) is 0 Å². The summed E-state index contributed by atoms with van der Waals surface area (Å²) >= 11 is 0. The van der Waals surface area contributed by atoms with Gasteiger partial charge in [0.25, 0.3) is 0 Å². The highest BCUT2D eigenvalue weighted by molar-refractivity contribution is 5.01. The van der Waals surface area contributed by atoms with Crippen LogP contribution in [0.25, 0.3) is 0 Å². The van der Waals surface area contributed by atoms with Gasteiger partial charge in [0.2, 0.25) is 0 Å². The van der Waals surface area contributed by atoms with E-state index in [0.29, 0.717) is 0 Å². The van der Waals surface area contributed by atoms with E-state index in [1.165, 1.54) is 19.3 Å². The smallest absolute Gasteiger partial charge is 0.0210 e. The molecule has 0 amide bonds. The summed E-state index contributed by atoms with van der Waals surface area (Å²) in [7, 11) is 0. The van der Waals surface area contributed by atoms with Crippen molar-refractivity contribution in [3.63, 3.8) is 0 Å². The van der Waals surface area contributed by atoms with Crippen molar-refractivity contribution in [2.75, 3.05) is 0 Å². The van der Waals surface area contributed by atoms with Crippen LogP contribution in [-0.4, -0.2) is 0 Å². The predicted molar refractivity (Wildman–Crippen MR) is 57.3 cm³/mol. The Morgan fingerprint density at radius 2 is 1.83 bits per heavy atom. The lowest BCUT2D eigenvalue weighted by molar-refractivity contribution is 0.450. The summed E-state index contributed by atoms with van der Waals surface area (Å²) in [6, 6.07) is 0. The first-order valence-electron chi connectivity index (χ1n) is 5.29. The van der Waals surface area contributed by atoms with E-state index < -0.39 is 0 Å². The quantitative estimate of drug-likeness (QED) is 0.533. The molecule has 0 aromatic carbocycles. The average Bonchev–Trinajstić information content (AvgIpc) is 2.00. The van der Waals surface area contributed by atoms with Crippen LogP contribution in [0.3, 0.4) is 0 Å². The lowest BCUT2D eigenvalue weighted by Gasteiger charge is -2.15. The molecule has 0 heterocycles.